The summed E-state index contributed by atoms with van der Waals surface area (Å²) in [5.41, 5.74) is 1.11. The molecular formula is C12H21N3OS. The third kappa shape index (κ3) is 6.00. The van der Waals surface area contributed by atoms with Gasteiger partial charge in [0, 0.05) is 36.4 Å². The third-order valence-corrected chi connectivity index (χ3v) is 3.34. The lowest BCUT2D eigenvalue weighted by Gasteiger charge is -2.08. The highest BCUT2D eigenvalue weighted by atomic mass is 32.2. The molecule has 0 aliphatic heterocycles. The lowest BCUT2D eigenvalue weighted by Crippen LogP contribution is -2.14. The van der Waals surface area contributed by atoms with Gasteiger partial charge in [0.15, 0.2) is 5.16 Å². The fourth-order valence-corrected chi connectivity index (χ4v) is 2.14. The molecule has 0 aliphatic rings. The molecule has 0 amide bonds. The molecule has 0 radical (unpaired) electrons. The van der Waals surface area contributed by atoms with Crippen LogP contribution >= 0.6 is 11.8 Å². The van der Waals surface area contributed by atoms with E-state index in [1.807, 2.05) is 12.4 Å². The fraction of sp³-hybridized carbons (Fsp3) is 0.667. The highest BCUT2D eigenvalue weighted by molar-refractivity contribution is 7.99. The molecule has 1 aromatic heterocycles. The van der Waals surface area contributed by atoms with Crippen molar-refractivity contribution in [2.45, 2.75) is 43.6 Å². The SMILES string of the molecule is CCCNCc1cnc(SC(C)CCO)nc1. The van der Waals surface area contributed by atoms with E-state index in [0.717, 1.165) is 36.7 Å². The summed E-state index contributed by atoms with van der Waals surface area (Å²) >= 11 is 1.60. The Balaban J connectivity index is 2.39. The van der Waals surface area contributed by atoms with E-state index in [1.54, 1.807) is 11.8 Å². The normalized spacial score (nSPS) is 12.6. The van der Waals surface area contributed by atoms with Gasteiger partial charge in [-0.3, -0.25) is 0 Å². The molecule has 1 atom stereocenters. The van der Waals surface area contributed by atoms with Crippen molar-refractivity contribution in [1.29, 1.82) is 0 Å². The van der Waals surface area contributed by atoms with E-state index in [9.17, 15) is 0 Å². The highest BCUT2D eigenvalue weighted by Gasteiger charge is 2.05. The van der Waals surface area contributed by atoms with E-state index in [2.05, 4.69) is 29.1 Å². The third-order valence-electron chi connectivity index (χ3n) is 2.28. The van der Waals surface area contributed by atoms with Crippen molar-refractivity contribution in [2.75, 3.05) is 13.2 Å². The highest BCUT2D eigenvalue weighted by Crippen LogP contribution is 2.20. The van der Waals surface area contributed by atoms with Gasteiger partial charge in [-0.1, -0.05) is 25.6 Å². The first-order chi connectivity index (χ1) is 8.26. The van der Waals surface area contributed by atoms with Crippen LogP contribution < -0.4 is 5.32 Å². The Labute approximate surface area is 107 Å². The average Bonchev–Trinajstić information content (AvgIpc) is 2.32. The maximum absolute atomic E-state index is 8.82. The Bertz CT molecular complexity index is 305. The first-order valence-electron chi connectivity index (χ1n) is 6.05. The molecular weight excluding hydrogens is 234 g/mol. The Morgan fingerprint density at radius 2 is 2.12 bits per heavy atom. The fourth-order valence-electron chi connectivity index (χ4n) is 1.33. The number of nitrogens with zero attached hydrogens (tertiary/aromatic N) is 2. The van der Waals surface area contributed by atoms with E-state index in [4.69, 9.17) is 5.11 Å². The molecule has 4 nitrogen and oxygen atoms in total. The van der Waals surface area contributed by atoms with Gasteiger partial charge in [-0.2, -0.15) is 0 Å². The first-order valence-corrected chi connectivity index (χ1v) is 6.93. The summed E-state index contributed by atoms with van der Waals surface area (Å²) < 4.78 is 0. The van der Waals surface area contributed by atoms with Gasteiger partial charge in [-0.25, -0.2) is 9.97 Å². The quantitative estimate of drug-likeness (QED) is 0.422. The maximum Gasteiger partial charge on any atom is 0.187 e. The van der Waals surface area contributed by atoms with Crippen molar-refractivity contribution in [3.63, 3.8) is 0 Å². The summed E-state index contributed by atoms with van der Waals surface area (Å²) in [7, 11) is 0. The summed E-state index contributed by atoms with van der Waals surface area (Å²) in [5.74, 6) is 0. The molecule has 2 N–H and O–H groups in total. The Morgan fingerprint density at radius 1 is 1.41 bits per heavy atom. The zero-order chi connectivity index (χ0) is 12.5. The number of hydrogen-bond donors (Lipinski definition) is 2. The Kier molecular flexibility index (Phi) is 7.16. The van der Waals surface area contributed by atoms with Crippen LogP contribution in [-0.4, -0.2) is 33.5 Å². The predicted octanol–water partition coefficient (Wildman–Crippen LogP) is 1.84. The molecule has 1 heterocycles. The maximum atomic E-state index is 8.82. The van der Waals surface area contributed by atoms with Crippen molar-refractivity contribution in [3.8, 4) is 0 Å². The Hall–Kier alpha value is -0.650. The molecule has 0 aromatic carbocycles. The predicted molar refractivity (Wildman–Crippen MR) is 71.1 cm³/mol. The van der Waals surface area contributed by atoms with Crippen molar-refractivity contribution in [1.82, 2.24) is 15.3 Å². The van der Waals surface area contributed by atoms with Gasteiger partial charge in [0.2, 0.25) is 0 Å². The molecule has 1 unspecified atom stereocenters. The van der Waals surface area contributed by atoms with Gasteiger partial charge in [0.25, 0.3) is 0 Å². The molecule has 96 valence electrons. The van der Waals surface area contributed by atoms with Crippen LogP contribution in [0.2, 0.25) is 0 Å². The van der Waals surface area contributed by atoms with E-state index < -0.39 is 0 Å². The van der Waals surface area contributed by atoms with Gasteiger partial charge < -0.3 is 10.4 Å². The Morgan fingerprint density at radius 3 is 2.71 bits per heavy atom. The number of aliphatic hydroxyl groups is 1. The second-order valence-electron chi connectivity index (χ2n) is 3.99. The summed E-state index contributed by atoms with van der Waals surface area (Å²) in [6.45, 7) is 6.27. The van der Waals surface area contributed by atoms with E-state index in [0.29, 0.717) is 5.25 Å². The van der Waals surface area contributed by atoms with Crippen LogP contribution in [-0.2, 0) is 6.54 Å². The zero-order valence-corrected chi connectivity index (χ0v) is 11.3. The molecule has 1 aromatic rings. The first kappa shape index (κ1) is 14.4. The van der Waals surface area contributed by atoms with Crippen molar-refractivity contribution in [3.05, 3.63) is 18.0 Å². The molecule has 5 heteroatoms. The van der Waals surface area contributed by atoms with Gasteiger partial charge in [0.1, 0.15) is 0 Å². The molecule has 17 heavy (non-hydrogen) atoms. The lowest BCUT2D eigenvalue weighted by molar-refractivity contribution is 0.289. The molecule has 0 bridgehead atoms. The zero-order valence-electron chi connectivity index (χ0n) is 10.5. The standard InChI is InChI=1S/C12H21N3OS/c1-3-5-13-7-11-8-14-12(15-9-11)17-10(2)4-6-16/h8-10,13,16H,3-7H2,1-2H3. The van der Waals surface area contributed by atoms with E-state index in [-0.39, 0.29) is 6.61 Å². The molecule has 0 aliphatic carbocycles. The second kappa shape index (κ2) is 8.44. The van der Waals surface area contributed by atoms with Crippen LogP contribution in [0.5, 0.6) is 0 Å². The average molecular weight is 255 g/mol. The molecule has 0 saturated heterocycles. The summed E-state index contributed by atoms with van der Waals surface area (Å²) in [4.78, 5) is 8.62. The number of aliphatic hydroxyl groups excluding tert-OH is 1. The van der Waals surface area contributed by atoms with Gasteiger partial charge in [0.05, 0.1) is 0 Å². The van der Waals surface area contributed by atoms with E-state index in [1.165, 1.54) is 0 Å². The van der Waals surface area contributed by atoms with Gasteiger partial charge >= 0.3 is 0 Å². The molecule has 0 saturated carbocycles. The monoisotopic (exact) mass is 255 g/mol. The number of aromatic nitrogens is 2. The van der Waals surface area contributed by atoms with Crippen LogP contribution in [0.3, 0.4) is 0 Å². The summed E-state index contributed by atoms with van der Waals surface area (Å²) in [6, 6.07) is 0. The largest absolute Gasteiger partial charge is 0.396 e. The minimum atomic E-state index is 0.215. The van der Waals surface area contributed by atoms with Crippen LogP contribution in [0.25, 0.3) is 0 Å². The number of hydrogen-bond acceptors (Lipinski definition) is 5. The number of nitrogens with one attached hydrogen (secondary N) is 1. The van der Waals surface area contributed by atoms with Crippen LogP contribution in [0.1, 0.15) is 32.3 Å². The van der Waals surface area contributed by atoms with Gasteiger partial charge in [-0.05, 0) is 19.4 Å². The molecule has 0 fully saturated rings. The van der Waals surface area contributed by atoms with Crippen molar-refractivity contribution >= 4 is 11.8 Å². The van der Waals surface area contributed by atoms with Crippen molar-refractivity contribution in [2.24, 2.45) is 0 Å². The topological polar surface area (TPSA) is 58.0 Å². The van der Waals surface area contributed by atoms with Crippen LogP contribution in [0.4, 0.5) is 0 Å². The minimum absolute atomic E-state index is 0.215. The van der Waals surface area contributed by atoms with Gasteiger partial charge in [-0.15, -0.1) is 0 Å². The van der Waals surface area contributed by atoms with Crippen LogP contribution in [0.15, 0.2) is 17.6 Å². The second-order valence-corrected chi connectivity index (χ2v) is 5.40. The number of thioether (sulfide) groups is 1. The number of rotatable bonds is 8. The van der Waals surface area contributed by atoms with E-state index >= 15 is 0 Å². The summed E-state index contributed by atoms with van der Waals surface area (Å²) in [5, 5.41) is 13.3. The lowest BCUT2D eigenvalue weighted by atomic mass is 10.3. The summed E-state index contributed by atoms with van der Waals surface area (Å²) in [6.07, 6.45) is 5.63. The van der Waals surface area contributed by atoms with Crippen LogP contribution in [0, 0.1) is 0 Å². The minimum Gasteiger partial charge on any atom is -0.396 e. The molecule has 0 spiro atoms. The smallest absolute Gasteiger partial charge is 0.187 e. The van der Waals surface area contributed by atoms with Crippen molar-refractivity contribution < 1.29 is 5.11 Å². The molecule has 1 rings (SSSR count).